The summed E-state index contributed by atoms with van der Waals surface area (Å²) < 4.78 is 0. The second kappa shape index (κ2) is 8.64. The molecule has 1 aromatic heterocycles. The lowest BCUT2D eigenvalue weighted by Gasteiger charge is -2.50. The van der Waals surface area contributed by atoms with Crippen molar-refractivity contribution in [3.05, 3.63) is 48.2 Å². The van der Waals surface area contributed by atoms with Crippen molar-refractivity contribution in [2.24, 2.45) is 39.8 Å². The summed E-state index contributed by atoms with van der Waals surface area (Å²) in [6.45, 7) is 6.77. The Morgan fingerprint density at radius 1 is 1.22 bits per heavy atom. The summed E-state index contributed by atoms with van der Waals surface area (Å²) in [4.78, 5) is 7.66. The number of nitrogens with two attached hydrogens (primary N) is 1. The van der Waals surface area contributed by atoms with Crippen LogP contribution in [0.25, 0.3) is 10.9 Å². The minimum absolute atomic E-state index is 0.0137. The van der Waals surface area contributed by atoms with Crippen LogP contribution in [0.5, 0.6) is 0 Å². The van der Waals surface area contributed by atoms with E-state index in [0.717, 1.165) is 43.3 Å². The van der Waals surface area contributed by atoms with Gasteiger partial charge in [-0.15, -0.1) is 5.92 Å². The molecule has 0 saturated heterocycles. The van der Waals surface area contributed by atoms with E-state index in [1.807, 2.05) is 6.92 Å². The number of H-pyrrole nitrogens is 1. The van der Waals surface area contributed by atoms with E-state index in [1.54, 1.807) is 7.05 Å². The molecule has 5 aliphatic rings. The molecule has 0 spiro atoms. The molecule has 0 amide bonds. The maximum atomic E-state index is 12.3. The Morgan fingerprint density at radius 3 is 2.81 bits per heavy atom. The number of benzene rings is 1. The van der Waals surface area contributed by atoms with E-state index >= 15 is 0 Å². The van der Waals surface area contributed by atoms with Crippen molar-refractivity contribution < 1.29 is 10.2 Å². The maximum Gasteiger partial charge on any atom is 0.189 e. The van der Waals surface area contributed by atoms with E-state index in [2.05, 4.69) is 57.5 Å². The molecule has 8 atom stereocenters. The second-order valence-corrected chi connectivity index (χ2v) is 12.4. The molecular formula is C31H40N4O2. The number of aliphatic hydroxyl groups is 2. The molecule has 1 heterocycles. The number of nitrogens with zero attached hydrogens (tertiary/aromatic N) is 1. The summed E-state index contributed by atoms with van der Waals surface area (Å²) in [6, 6.07) is 10.3. The largest absolute Gasteiger partial charge is 0.390 e. The Labute approximate surface area is 219 Å². The Kier molecular flexibility index (Phi) is 5.74. The average Bonchev–Trinajstić information content (AvgIpc) is 3.39. The van der Waals surface area contributed by atoms with Gasteiger partial charge in [-0.1, -0.05) is 36.3 Å². The van der Waals surface area contributed by atoms with Crippen LogP contribution in [0.1, 0.15) is 57.6 Å². The van der Waals surface area contributed by atoms with Crippen LogP contribution in [0.4, 0.5) is 0 Å². The predicted molar refractivity (Wildman–Crippen MR) is 148 cm³/mol. The zero-order valence-corrected chi connectivity index (χ0v) is 22.1. The molecule has 7 rings (SSSR count). The zero-order valence-electron chi connectivity index (χ0n) is 22.1. The van der Waals surface area contributed by atoms with Crippen LogP contribution in [0.3, 0.4) is 0 Å². The Morgan fingerprint density at radius 2 is 2.03 bits per heavy atom. The molecular weight excluding hydrogens is 460 g/mol. The lowest BCUT2D eigenvalue weighted by Crippen LogP contribution is -2.51. The number of aromatic amines is 1. The van der Waals surface area contributed by atoms with Crippen LogP contribution in [0.15, 0.2) is 47.5 Å². The van der Waals surface area contributed by atoms with Gasteiger partial charge in [-0.2, -0.15) is 0 Å². The number of allylic oxidation sites excluding steroid dienone is 1. The summed E-state index contributed by atoms with van der Waals surface area (Å²) in [5, 5.41) is 28.8. The standard InChI is InChI=1S/C31H40N4O2/c1-19(15-23-16-20-7-4-5-9-26(20)34-23)30-13-6-8-22(35-28(32)33-3)18-31(37)14-12-24-27(31)25(30)11-10-21(17-30)29(24,2)36/h4-5,7,9,16,21-22,24-25,27,34,36-37H,1,10-15,17-18H2,2-3H3,(H3,32,33,35)/t21-,22-,24+,25-,27-,29-,30-,31-/m1/s1. The van der Waals surface area contributed by atoms with Gasteiger partial charge in [0.05, 0.1) is 17.2 Å². The molecule has 4 bridgehead atoms. The molecule has 0 unspecified atom stereocenters. The highest BCUT2D eigenvalue weighted by Crippen LogP contribution is 2.67. The second-order valence-electron chi connectivity index (χ2n) is 12.4. The quantitative estimate of drug-likeness (QED) is 0.190. The van der Waals surface area contributed by atoms with Crippen molar-refractivity contribution in [3.63, 3.8) is 0 Å². The predicted octanol–water partition coefficient (Wildman–Crippen LogP) is 3.89. The highest BCUT2D eigenvalue weighted by atomic mass is 16.3. The Hall–Kier alpha value is -2.75. The van der Waals surface area contributed by atoms with E-state index in [-0.39, 0.29) is 35.1 Å². The lowest BCUT2D eigenvalue weighted by molar-refractivity contribution is -0.0887. The third kappa shape index (κ3) is 3.82. The number of fused-ring (bicyclic) bond motifs is 2. The molecule has 196 valence electrons. The number of hydrogen-bond donors (Lipinski definition) is 5. The lowest BCUT2D eigenvalue weighted by atomic mass is 9.54. The molecule has 37 heavy (non-hydrogen) atoms. The zero-order chi connectivity index (χ0) is 26.0. The number of nitrogens with one attached hydrogen (secondary N) is 2. The average molecular weight is 501 g/mol. The van der Waals surface area contributed by atoms with Crippen LogP contribution in [0, 0.1) is 40.9 Å². The maximum absolute atomic E-state index is 12.3. The number of aliphatic imine (C=N–C) groups is 1. The molecule has 6 N–H and O–H groups in total. The van der Waals surface area contributed by atoms with Gasteiger partial charge >= 0.3 is 0 Å². The first kappa shape index (κ1) is 24.6. The molecule has 4 fully saturated rings. The van der Waals surface area contributed by atoms with E-state index in [1.165, 1.54) is 11.0 Å². The van der Waals surface area contributed by atoms with Gasteiger partial charge in [-0.05, 0) is 80.2 Å². The van der Waals surface area contributed by atoms with Crippen LogP contribution >= 0.6 is 0 Å². The van der Waals surface area contributed by atoms with Crippen LogP contribution in [-0.2, 0) is 6.42 Å². The summed E-state index contributed by atoms with van der Waals surface area (Å²) in [5.74, 6) is 7.74. The van der Waals surface area contributed by atoms with Crippen LogP contribution in [-0.4, -0.2) is 45.4 Å². The Bertz CT molecular complexity index is 1280. The van der Waals surface area contributed by atoms with Gasteiger partial charge in [0.15, 0.2) is 5.96 Å². The van der Waals surface area contributed by atoms with Crippen molar-refractivity contribution in [1.29, 1.82) is 0 Å². The third-order valence-corrected chi connectivity index (χ3v) is 10.6. The summed E-state index contributed by atoms with van der Waals surface area (Å²) in [6.07, 6.45) is 6.29. The Balaban J connectivity index is 1.45. The summed E-state index contributed by atoms with van der Waals surface area (Å²) >= 11 is 0. The monoisotopic (exact) mass is 500 g/mol. The van der Waals surface area contributed by atoms with Gasteiger partial charge in [0.25, 0.3) is 0 Å². The fourth-order valence-corrected chi connectivity index (χ4v) is 8.79. The van der Waals surface area contributed by atoms with Crippen molar-refractivity contribution in [3.8, 4) is 11.8 Å². The van der Waals surface area contributed by atoms with Gasteiger partial charge in [0.2, 0.25) is 0 Å². The fourth-order valence-electron chi connectivity index (χ4n) is 8.79. The molecule has 2 aromatic rings. The van der Waals surface area contributed by atoms with E-state index in [9.17, 15) is 10.2 Å². The number of aromatic nitrogens is 1. The number of para-hydroxylation sites is 1. The van der Waals surface area contributed by atoms with E-state index < -0.39 is 11.2 Å². The fraction of sp³-hybridized carbons (Fsp3) is 0.581. The van der Waals surface area contributed by atoms with Crippen LogP contribution < -0.4 is 11.1 Å². The molecule has 0 radical (unpaired) electrons. The highest BCUT2D eigenvalue weighted by Gasteiger charge is 2.66. The number of hydrogen-bond acceptors (Lipinski definition) is 3. The van der Waals surface area contributed by atoms with Gasteiger partial charge in [0, 0.05) is 42.9 Å². The van der Waals surface area contributed by atoms with E-state index in [0.29, 0.717) is 25.2 Å². The highest BCUT2D eigenvalue weighted by molar-refractivity contribution is 5.80. The first-order valence-corrected chi connectivity index (χ1v) is 13.8. The third-order valence-electron chi connectivity index (χ3n) is 10.6. The van der Waals surface area contributed by atoms with Crippen molar-refractivity contribution in [2.45, 2.75) is 75.5 Å². The molecule has 6 heteroatoms. The SMILES string of the molecule is C=C(Cc1cc2ccccc2[nH]1)[C@]12CC#C[C@@H](NC(N)=NC)C[C@]3(O)CC[C@H]4[C@@H]3[C@H]1CC[C@H](C2)[C@@]4(C)O. The topological polar surface area (TPSA) is 107 Å². The molecule has 6 nitrogen and oxygen atoms in total. The van der Waals surface area contributed by atoms with Gasteiger partial charge < -0.3 is 26.2 Å². The van der Waals surface area contributed by atoms with Gasteiger partial charge in [-0.3, -0.25) is 4.99 Å². The molecule has 1 aromatic carbocycles. The minimum atomic E-state index is -0.921. The first-order chi connectivity index (χ1) is 17.7. The molecule has 5 aliphatic carbocycles. The summed E-state index contributed by atoms with van der Waals surface area (Å²) in [7, 11) is 1.65. The smallest absolute Gasteiger partial charge is 0.189 e. The van der Waals surface area contributed by atoms with Gasteiger partial charge in [0.1, 0.15) is 0 Å². The van der Waals surface area contributed by atoms with Crippen LogP contribution in [0.2, 0.25) is 0 Å². The van der Waals surface area contributed by atoms with Gasteiger partial charge in [-0.25, -0.2) is 0 Å². The minimum Gasteiger partial charge on any atom is -0.390 e. The normalized spacial score (nSPS) is 40.8. The number of guanidine groups is 1. The van der Waals surface area contributed by atoms with Crippen molar-refractivity contribution >= 4 is 16.9 Å². The van der Waals surface area contributed by atoms with E-state index in [4.69, 9.17) is 12.3 Å². The summed E-state index contributed by atoms with van der Waals surface area (Å²) in [5.41, 5.74) is 7.51. The molecule has 4 saturated carbocycles. The number of rotatable bonds is 4. The first-order valence-electron chi connectivity index (χ1n) is 13.8. The van der Waals surface area contributed by atoms with Crippen molar-refractivity contribution in [2.75, 3.05) is 7.05 Å². The van der Waals surface area contributed by atoms with Crippen molar-refractivity contribution in [1.82, 2.24) is 10.3 Å². The molecule has 0 aliphatic heterocycles.